The summed E-state index contributed by atoms with van der Waals surface area (Å²) in [5.41, 5.74) is 4.11. The van der Waals surface area contributed by atoms with Crippen molar-refractivity contribution in [3.05, 3.63) is 78.9 Å². The normalized spacial score (nSPS) is 12.1. The molecule has 2 aromatic carbocycles. The predicted octanol–water partition coefficient (Wildman–Crippen LogP) is 5.25. The van der Waals surface area contributed by atoms with Crippen LogP contribution in [0.4, 0.5) is 4.39 Å². The lowest BCUT2D eigenvalue weighted by atomic mass is 10.1. The van der Waals surface area contributed by atoms with Gasteiger partial charge in [-0.05, 0) is 48.5 Å². The molecule has 0 aliphatic rings. The Kier molecular flexibility index (Phi) is 5.32. The molecule has 0 spiro atoms. The second-order valence-corrected chi connectivity index (χ2v) is 8.07. The molecule has 4 aromatic rings. The van der Waals surface area contributed by atoms with Crippen molar-refractivity contribution in [3.8, 4) is 33.9 Å². The van der Waals surface area contributed by atoms with Gasteiger partial charge >= 0.3 is 0 Å². The van der Waals surface area contributed by atoms with Gasteiger partial charge in [-0.2, -0.15) is 0 Å². The van der Waals surface area contributed by atoms with Gasteiger partial charge in [0.1, 0.15) is 16.9 Å². The molecule has 0 bridgehead atoms. The van der Waals surface area contributed by atoms with E-state index in [0.29, 0.717) is 10.7 Å². The van der Waals surface area contributed by atoms with E-state index in [4.69, 9.17) is 16.6 Å². The Bertz CT molecular complexity index is 1110. The van der Waals surface area contributed by atoms with E-state index in [0.717, 1.165) is 28.1 Å². The van der Waals surface area contributed by atoms with Gasteiger partial charge in [-0.3, -0.25) is 9.19 Å². The Morgan fingerprint density at radius 1 is 0.893 bits per heavy atom. The number of pyridine rings is 1. The molecule has 7 heteroatoms. The number of H-pyrrole nitrogens is 1. The van der Waals surface area contributed by atoms with Crippen LogP contribution < -0.4 is 0 Å². The summed E-state index contributed by atoms with van der Waals surface area (Å²) in [5.74, 6) is 0.363. The average Bonchev–Trinajstić information content (AvgIpc) is 3.20. The van der Waals surface area contributed by atoms with Gasteiger partial charge in [0.05, 0.1) is 22.2 Å². The molecule has 0 amide bonds. The predicted molar refractivity (Wildman–Crippen MR) is 110 cm³/mol. The number of nitrogens with zero attached hydrogens (tertiary/aromatic N) is 2. The number of rotatable bonds is 5. The minimum Gasteiger partial charge on any atom is -0.337 e. The van der Waals surface area contributed by atoms with Crippen LogP contribution in [0, 0.1) is 5.82 Å². The fraction of sp³-hybridized carbons (Fsp3) is 0.0476. The van der Waals surface area contributed by atoms with Crippen LogP contribution in [-0.2, 0) is 10.8 Å². The monoisotopic (exact) mass is 411 g/mol. The van der Waals surface area contributed by atoms with Gasteiger partial charge in [0.25, 0.3) is 0 Å². The highest BCUT2D eigenvalue weighted by molar-refractivity contribution is 7.86. The minimum absolute atomic E-state index is 0.0566. The van der Waals surface area contributed by atoms with Gasteiger partial charge in [-0.25, -0.2) is 9.37 Å². The zero-order valence-corrected chi connectivity index (χ0v) is 16.2. The summed E-state index contributed by atoms with van der Waals surface area (Å²) in [6.07, 6.45) is 3.42. The van der Waals surface area contributed by atoms with Crippen molar-refractivity contribution in [2.24, 2.45) is 0 Å². The summed E-state index contributed by atoms with van der Waals surface area (Å²) in [6.45, 7) is 0. The number of imidazole rings is 1. The molecular formula is C21H15ClFN3OS. The van der Waals surface area contributed by atoms with E-state index in [1.54, 1.807) is 36.7 Å². The molecule has 140 valence electrons. The third kappa shape index (κ3) is 3.74. The van der Waals surface area contributed by atoms with Crippen LogP contribution in [0.25, 0.3) is 33.9 Å². The first kappa shape index (κ1) is 18.5. The molecule has 0 fully saturated rings. The zero-order chi connectivity index (χ0) is 19.5. The highest BCUT2D eigenvalue weighted by Crippen LogP contribution is 2.33. The molecule has 0 saturated heterocycles. The standard InChI is InChI=1S/C21H15ClFN3OS/c22-13-28(27)18-7-3-16(4-8-18)21-25-19(14-1-5-17(23)6-2-14)20(26-21)15-9-11-24-12-10-15/h1-12H,13H2,(H,25,26). The van der Waals surface area contributed by atoms with Crippen LogP contribution in [0.5, 0.6) is 0 Å². The van der Waals surface area contributed by atoms with Crippen molar-refractivity contribution >= 4 is 22.4 Å². The number of nitrogens with one attached hydrogen (secondary N) is 1. The van der Waals surface area contributed by atoms with Crippen molar-refractivity contribution in [2.45, 2.75) is 4.90 Å². The number of aromatic amines is 1. The number of aromatic nitrogens is 3. The number of halogens is 2. The molecule has 1 N–H and O–H groups in total. The molecule has 2 aromatic heterocycles. The molecule has 2 heterocycles. The van der Waals surface area contributed by atoms with Crippen molar-refractivity contribution in [2.75, 3.05) is 5.21 Å². The fourth-order valence-corrected chi connectivity index (χ4v) is 3.83. The highest BCUT2D eigenvalue weighted by atomic mass is 35.5. The summed E-state index contributed by atoms with van der Waals surface area (Å²) in [7, 11) is -1.22. The van der Waals surface area contributed by atoms with Crippen LogP contribution >= 0.6 is 11.6 Å². The zero-order valence-electron chi connectivity index (χ0n) is 14.6. The lowest BCUT2D eigenvalue weighted by molar-refractivity contribution is 0.628. The van der Waals surface area contributed by atoms with E-state index in [1.807, 2.05) is 24.3 Å². The van der Waals surface area contributed by atoms with Crippen molar-refractivity contribution < 1.29 is 8.60 Å². The highest BCUT2D eigenvalue weighted by Gasteiger charge is 2.15. The van der Waals surface area contributed by atoms with E-state index in [1.165, 1.54) is 12.1 Å². The molecule has 0 aliphatic carbocycles. The molecule has 0 radical (unpaired) electrons. The Morgan fingerprint density at radius 2 is 1.54 bits per heavy atom. The van der Waals surface area contributed by atoms with Crippen LogP contribution in [0.3, 0.4) is 0 Å². The van der Waals surface area contributed by atoms with Crippen molar-refractivity contribution in [3.63, 3.8) is 0 Å². The summed E-state index contributed by atoms with van der Waals surface area (Å²) >= 11 is 5.66. The maximum Gasteiger partial charge on any atom is 0.138 e. The lowest BCUT2D eigenvalue weighted by Gasteiger charge is -2.02. The van der Waals surface area contributed by atoms with Crippen molar-refractivity contribution in [1.82, 2.24) is 15.0 Å². The topological polar surface area (TPSA) is 58.6 Å². The molecule has 0 aliphatic heterocycles. The van der Waals surface area contributed by atoms with Crippen molar-refractivity contribution in [1.29, 1.82) is 0 Å². The van der Waals surface area contributed by atoms with Crippen LogP contribution in [0.2, 0.25) is 0 Å². The Balaban J connectivity index is 1.81. The third-order valence-corrected chi connectivity index (χ3v) is 5.87. The molecule has 28 heavy (non-hydrogen) atoms. The number of hydrogen-bond acceptors (Lipinski definition) is 3. The van der Waals surface area contributed by atoms with Gasteiger partial charge in [0.15, 0.2) is 0 Å². The van der Waals surface area contributed by atoms with E-state index >= 15 is 0 Å². The average molecular weight is 412 g/mol. The largest absolute Gasteiger partial charge is 0.337 e. The molecular weight excluding hydrogens is 397 g/mol. The maximum atomic E-state index is 13.4. The van der Waals surface area contributed by atoms with E-state index in [2.05, 4.69) is 9.97 Å². The summed E-state index contributed by atoms with van der Waals surface area (Å²) in [6, 6.07) is 17.3. The minimum atomic E-state index is -1.22. The molecule has 4 rings (SSSR count). The van der Waals surface area contributed by atoms with Crippen LogP contribution in [0.1, 0.15) is 0 Å². The molecule has 1 atom stereocenters. The first-order chi connectivity index (χ1) is 13.7. The number of hydrogen-bond donors (Lipinski definition) is 1. The smallest absolute Gasteiger partial charge is 0.138 e. The first-order valence-electron chi connectivity index (χ1n) is 8.47. The molecule has 1 unspecified atom stereocenters. The fourth-order valence-electron chi connectivity index (χ4n) is 2.88. The summed E-state index contributed by atoms with van der Waals surface area (Å²) < 4.78 is 25.2. The second kappa shape index (κ2) is 8.04. The van der Waals surface area contributed by atoms with E-state index in [-0.39, 0.29) is 11.0 Å². The van der Waals surface area contributed by atoms with Gasteiger partial charge in [-0.15, -0.1) is 11.6 Å². The van der Waals surface area contributed by atoms with Crippen LogP contribution in [0.15, 0.2) is 78.0 Å². The quantitative estimate of drug-likeness (QED) is 0.456. The third-order valence-electron chi connectivity index (χ3n) is 4.28. The number of benzene rings is 2. The van der Waals surface area contributed by atoms with Gasteiger partial charge in [-0.1, -0.05) is 12.1 Å². The Hall–Kier alpha value is -2.83. The lowest BCUT2D eigenvalue weighted by Crippen LogP contribution is -1.91. The summed E-state index contributed by atoms with van der Waals surface area (Å²) in [4.78, 5) is 12.8. The Labute approximate surface area is 168 Å². The maximum absolute atomic E-state index is 13.4. The van der Waals surface area contributed by atoms with Gasteiger partial charge < -0.3 is 4.98 Å². The summed E-state index contributed by atoms with van der Waals surface area (Å²) in [5, 5.41) is 0.0566. The Morgan fingerprint density at radius 3 is 2.18 bits per heavy atom. The molecule has 4 nitrogen and oxygen atoms in total. The number of alkyl halides is 1. The second-order valence-electron chi connectivity index (χ2n) is 6.03. The van der Waals surface area contributed by atoms with E-state index in [9.17, 15) is 8.60 Å². The molecule has 0 saturated carbocycles. The van der Waals surface area contributed by atoms with Gasteiger partial charge in [0, 0.05) is 34.0 Å². The van der Waals surface area contributed by atoms with E-state index < -0.39 is 10.8 Å². The van der Waals surface area contributed by atoms with Gasteiger partial charge in [0.2, 0.25) is 0 Å². The SMILES string of the molecule is O=S(CCl)c1ccc(-c2nc(-c3ccc(F)cc3)c(-c3ccncc3)[nH]2)cc1. The first-order valence-corrected chi connectivity index (χ1v) is 10.3. The van der Waals surface area contributed by atoms with Crippen LogP contribution in [-0.4, -0.2) is 24.4 Å².